The van der Waals surface area contributed by atoms with Crippen molar-refractivity contribution in [2.45, 2.75) is 53.0 Å². The monoisotopic (exact) mass is 432 g/mol. The molecule has 7 nitrogen and oxygen atoms in total. The van der Waals surface area contributed by atoms with Crippen LogP contribution in [0.3, 0.4) is 0 Å². The van der Waals surface area contributed by atoms with Crippen molar-refractivity contribution < 1.29 is 13.2 Å². The molecule has 1 aromatic rings. The van der Waals surface area contributed by atoms with Crippen molar-refractivity contribution in [1.82, 2.24) is 15.1 Å². The van der Waals surface area contributed by atoms with E-state index in [1.807, 2.05) is 49.9 Å². The van der Waals surface area contributed by atoms with Crippen molar-refractivity contribution in [2.24, 2.45) is 4.40 Å². The molecule has 0 spiro atoms. The number of amides is 2. The first kappa shape index (κ1) is 22.3. The minimum Gasteiger partial charge on any atom is -0.354 e. The van der Waals surface area contributed by atoms with Gasteiger partial charge in [-0.2, -0.15) is 8.42 Å². The second-order valence-electron chi connectivity index (χ2n) is 7.98. The van der Waals surface area contributed by atoms with Crippen LogP contribution < -0.4 is 5.32 Å². The van der Waals surface area contributed by atoms with Gasteiger partial charge >= 0.3 is 6.03 Å². The molecule has 3 rings (SSSR count). The van der Waals surface area contributed by atoms with Gasteiger partial charge in [0, 0.05) is 37.8 Å². The van der Waals surface area contributed by atoms with Crippen LogP contribution in [0.4, 0.5) is 4.79 Å². The molecule has 30 heavy (non-hydrogen) atoms. The van der Waals surface area contributed by atoms with E-state index in [1.54, 1.807) is 4.90 Å². The lowest BCUT2D eigenvalue weighted by atomic mass is 10.1. The van der Waals surface area contributed by atoms with Crippen LogP contribution in [0.5, 0.6) is 0 Å². The molecular weight excluding hydrogens is 400 g/mol. The van der Waals surface area contributed by atoms with Crippen LogP contribution in [0.15, 0.2) is 34.2 Å². The third-order valence-electron chi connectivity index (χ3n) is 5.83. The topological polar surface area (TPSA) is 82.1 Å². The number of benzene rings is 1. The number of hydrogen-bond acceptors (Lipinski definition) is 4. The number of nitrogens with one attached hydrogen (secondary N) is 1. The van der Waals surface area contributed by atoms with Gasteiger partial charge in [0.25, 0.3) is 10.0 Å². The lowest BCUT2D eigenvalue weighted by molar-refractivity contribution is 0.196. The van der Waals surface area contributed by atoms with E-state index in [2.05, 4.69) is 16.6 Å². The molecule has 2 aliphatic heterocycles. The summed E-state index contributed by atoms with van der Waals surface area (Å²) in [4.78, 5) is 16.6. The summed E-state index contributed by atoms with van der Waals surface area (Å²) in [5.74, 6) is 0.508. The van der Waals surface area contributed by atoms with Gasteiger partial charge in [-0.05, 0) is 44.2 Å². The van der Waals surface area contributed by atoms with E-state index >= 15 is 0 Å². The average Bonchev–Trinajstić information content (AvgIpc) is 2.88. The molecule has 8 heteroatoms. The van der Waals surface area contributed by atoms with Gasteiger partial charge in [0.15, 0.2) is 0 Å². The van der Waals surface area contributed by atoms with E-state index in [4.69, 9.17) is 0 Å². The minimum atomic E-state index is -3.74. The maximum absolute atomic E-state index is 12.8. The van der Waals surface area contributed by atoms with Crippen LogP contribution in [-0.2, 0) is 16.4 Å². The zero-order valence-electron chi connectivity index (χ0n) is 18.3. The van der Waals surface area contributed by atoms with Crippen LogP contribution in [0.1, 0.15) is 51.7 Å². The van der Waals surface area contributed by atoms with Gasteiger partial charge in [0.05, 0.1) is 0 Å². The van der Waals surface area contributed by atoms with E-state index in [0.717, 1.165) is 24.8 Å². The second kappa shape index (κ2) is 9.20. The minimum absolute atomic E-state index is 0.0591. The first-order valence-corrected chi connectivity index (χ1v) is 12.2. The summed E-state index contributed by atoms with van der Waals surface area (Å²) >= 11 is 0. The number of nitrogens with zero attached hydrogens (tertiary/aromatic N) is 3. The maximum atomic E-state index is 12.8. The average molecular weight is 433 g/mol. The fourth-order valence-electron chi connectivity index (χ4n) is 3.81. The molecular formula is C22H32N4O3S. The number of carbonyl (C=O) groups is 1. The summed E-state index contributed by atoms with van der Waals surface area (Å²) in [6.07, 6.45) is 2.55. The Balaban J connectivity index is 1.78. The Hall–Kier alpha value is -2.35. The van der Waals surface area contributed by atoms with Crippen molar-refractivity contribution in [2.75, 3.05) is 26.2 Å². The summed E-state index contributed by atoms with van der Waals surface area (Å²) in [6.45, 7) is 10.3. The molecule has 0 radical (unpaired) electrons. The summed E-state index contributed by atoms with van der Waals surface area (Å²) < 4.78 is 29.8. The van der Waals surface area contributed by atoms with E-state index < -0.39 is 10.0 Å². The number of rotatable bonds is 4. The highest BCUT2D eigenvalue weighted by atomic mass is 32.2. The number of aryl methyl sites for hydroxylation is 1. The first-order valence-electron chi connectivity index (χ1n) is 10.7. The Labute approximate surface area is 179 Å². The third-order valence-corrected chi connectivity index (χ3v) is 7.30. The molecule has 1 N–H and O–H groups in total. The highest BCUT2D eigenvalue weighted by molar-refractivity contribution is 8.00. The van der Waals surface area contributed by atoms with Crippen LogP contribution in [0, 0.1) is 0 Å². The van der Waals surface area contributed by atoms with Crippen LogP contribution in [0.2, 0.25) is 0 Å². The maximum Gasteiger partial charge on any atom is 0.317 e. The molecule has 0 aliphatic carbocycles. The predicted molar refractivity (Wildman–Crippen MR) is 121 cm³/mol. The summed E-state index contributed by atoms with van der Waals surface area (Å²) in [5.41, 5.74) is 2.52. The van der Waals surface area contributed by atoms with Crippen LogP contribution >= 0.6 is 0 Å². The molecule has 0 unspecified atom stereocenters. The SMILES string of the molecule is CCc1ccc(C2=C(C)C(N3CCCN(C(=O)N[C@H](C)CC)CC3)=NS2(=O)=O)cc1. The molecule has 2 heterocycles. The van der Waals surface area contributed by atoms with Crippen LogP contribution in [-0.4, -0.2) is 62.3 Å². The third kappa shape index (κ3) is 4.69. The molecule has 0 saturated carbocycles. The second-order valence-corrected chi connectivity index (χ2v) is 9.52. The van der Waals surface area contributed by atoms with Crippen molar-refractivity contribution >= 4 is 26.8 Å². The quantitative estimate of drug-likeness (QED) is 0.792. The Morgan fingerprint density at radius 1 is 1.13 bits per heavy atom. The van der Waals surface area contributed by atoms with Crippen molar-refractivity contribution in [3.8, 4) is 0 Å². The van der Waals surface area contributed by atoms with Gasteiger partial charge in [0.1, 0.15) is 10.7 Å². The van der Waals surface area contributed by atoms with Gasteiger partial charge in [-0.15, -0.1) is 4.40 Å². The number of amidine groups is 1. The normalized spacial score (nSPS) is 20.1. The Morgan fingerprint density at radius 3 is 2.47 bits per heavy atom. The Morgan fingerprint density at radius 2 is 1.83 bits per heavy atom. The Bertz CT molecular complexity index is 951. The van der Waals surface area contributed by atoms with Gasteiger partial charge < -0.3 is 15.1 Å². The molecule has 1 fully saturated rings. The van der Waals surface area contributed by atoms with Crippen molar-refractivity contribution in [1.29, 1.82) is 0 Å². The fourth-order valence-corrected chi connectivity index (χ4v) is 5.30. The number of carbonyl (C=O) groups excluding carboxylic acids is 1. The van der Waals surface area contributed by atoms with E-state index in [-0.39, 0.29) is 17.0 Å². The van der Waals surface area contributed by atoms with Crippen molar-refractivity contribution in [3.05, 3.63) is 41.0 Å². The molecule has 1 atom stereocenters. The highest BCUT2D eigenvalue weighted by Gasteiger charge is 2.34. The smallest absolute Gasteiger partial charge is 0.317 e. The van der Waals surface area contributed by atoms with Crippen LogP contribution in [0.25, 0.3) is 4.91 Å². The molecule has 0 bridgehead atoms. The molecule has 0 aromatic heterocycles. The van der Waals surface area contributed by atoms with Crippen molar-refractivity contribution in [3.63, 3.8) is 0 Å². The molecule has 2 aliphatic rings. The van der Waals surface area contributed by atoms with Gasteiger partial charge in [-0.1, -0.05) is 38.1 Å². The molecule has 164 valence electrons. The predicted octanol–water partition coefficient (Wildman–Crippen LogP) is 3.24. The standard InChI is InChI=1S/C22H32N4O3S/c1-5-16(3)23-22(27)26-13-7-12-25(14-15-26)21-17(4)20(30(28,29)24-21)19-10-8-18(6-2)9-11-19/h8-11,16H,5-7,12-15H2,1-4H3,(H,23,27)/t16-/m1/s1. The molecule has 1 aromatic carbocycles. The summed E-state index contributed by atoms with van der Waals surface area (Å²) in [6, 6.07) is 7.71. The zero-order valence-corrected chi connectivity index (χ0v) is 19.1. The van der Waals surface area contributed by atoms with E-state index in [0.29, 0.717) is 43.2 Å². The number of urea groups is 1. The molecule has 2 amide bonds. The lowest BCUT2D eigenvalue weighted by Gasteiger charge is -2.25. The number of sulfonamides is 1. The van der Waals surface area contributed by atoms with Gasteiger partial charge in [-0.25, -0.2) is 4.79 Å². The fraction of sp³-hybridized carbons (Fsp3) is 0.545. The highest BCUT2D eigenvalue weighted by Crippen LogP contribution is 2.34. The molecule has 1 saturated heterocycles. The van der Waals surface area contributed by atoms with Gasteiger partial charge in [0.2, 0.25) is 0 Å². The summed E-state index contributed by atoms with van der Waals surface area (Å²) in [5, 5.41) is 3.00. The zero-order chi connectivity index (χ0) is 21.9. The number of hydrogen-bond donors (Lipinski definition) is 1. The largest absolute Gasteiger partial charge is 0.354 e. The summed E-state index contributed by atoms with van der Waals surface area (Å²) in [7, 11) is -3.74. The lowest BCUT2D eigenvalue weighted by Crippen LogP contribution is -2.45. The Kier molecular flexibility index (Phi) is 6.85. The van der Waals surface area contributed by atoms with Gasteiger partial charge in [-0.3, -0.25) is 0 Å². The first-order chi connectivity index (χ1) is 14.3. The van der Waals surface area contributed by atoms with E-state index in [1.165, 1.54) is 0 Å². The van der Waals surface area contributed by atoms with E-state index in [9.17, 15) is 13.2 Å².